The van der Waals surface area contributed by atoms with E-state index in [2.05, 4.69) is 57.6 Å². The Labute approximate surface area is 723 Å². The number of rotatable bonds is 19. The summed E-state index contributed by atoms with van der Waals surface area (Å²) in [7, 11) is 1.46. The Balaban J connectivity index is 0.944. The van der Waals surface area contributed by atoms with Crippen molar-refractivity contribution in [3.8, 4) is 62.9 Å². The predicted octanol–water partition coefficient (Wildman–Crippen LogP) is 3.30. The van der Waals surface area contributed by atoms with E-state index in [-0.39, 0.29) is 53.2 Å². The van der Waals surface area contributed by atoms with Crippen LogP contribution in [0, 0.1) is 11.8 Å². The SMILES string of the molecule is CN[C@H](CC(C)C)C(=O)N[C@H]1C(=O)NC2(C[C@H]2C(N)=O)C(=O)N[C@H]2C(=O)N[C@H]3C(=O)N[C@H](C(=O)N[C@@H](C(=O)NO)c4cc(O)cc(O)c4-c4cc3ccc4O)[C@H](O)c3ccc(c(Cl)c3)Oc3cc2cc(c3O[C@@H]2O[C@H](CO)[C@@H](O)[C@H](O)[C@H]2O[C@H]2C[C@](C)(NCc3cncc(NC(=O)/C=C/c4cccc(OC(F)(F)F)c4)c3)[C@H](O)[C@H](C)O2)Oc2ccc(cc2Cl)[C@H]1O. The van der Waals surface area contributed by atoms with Gasteiger partial charge in [-0.2, -0.15) is 0 Å². The molecule has 670 valence electrons. The summed E-state index contributed by atoms with van der Waals surface area (Å²) in [6.07, 6.45) is -19.2. The van der Waals surface area contributed by atoms with Gasteiger partial charge >= 0.3 is 6.36 Å². The zero-order valence-corrected chi connectivity index (χ0v) is 68.6. The minimum atomic E-state index is -4.96. The van der Waals surface area contributed by atoms with Gasteiger partial charge in [-0.15, -0.1) is 13.2 Å². The number of nitrogens with one attached hydrogen (secondary N) is 10. The maximum absolute atomic E-state index is 16.4. The first-order valence-corrected chi connectivity index (χ1v) is 39.9. The number of phenolic OH excluding ortho intramolecular Hbond substituents is 3. The number of nitrogens with two attached hydrogens (primary N) is 1. The molecule has 15 rings (SSSR count). The number of nitrogens with zero attached hydrogens (tertiary/aromatic N) is 1. The first-order chi connectivity index (χ1) is 59.7. The van der Waals surface area contributed by atoms with Crippen LogP contribution in [0.1, 0.15) is 116 Å². The molecule has 19 atom stereocenters. The summed E-state index contributed by atoms with van der Waals surface area (Å²) in [5, 5.41) is 139. The first kappa shape index (κ1) is 91.6. The molecule has 8 heterocycles. The Morgan fingerprint density at radius 1 is 0.746 bits per heavy atom. The van der Waals surface area contributed by atoms with Crippen LogP contribution in [0.15, 0.2) is 128 Å². The van der Waals surface area contributed by atoms with Crippen LogP contribution in [0.3, 0.4) is 0 Å². The van der Waals surface area contributed by atoms with Crippen LogP contribution in [0.5, 0.6) is 51.7 Å². The number of amides is 9. The lowest BCUT2D eigenvalue weighted by atomic mass is 9.84. The van der Waals surface area contributed by atoms with E-state index in [0.29, 0.717) is 5.56 Å². The van der Waals surface area contributed by atoms with Crippen molar-refractivity contribution in [2.45, 2.75) is 169 Å². The minimum absolute atomic E-state index is 0.0901. The van der Waals surface area contributed by atoms with E-state index in [0.717, 1.165) is 84.9 Å². The van der Waals surface area contributed by atoms with Gasteiger partial charge < -0.3 is 133 Å². The number of alkyl halides is 3. The molecule has 1 aliphatic carbocycles. The largest absolute Gasteiger partial charge is 0.573 e. The number of phenols is 3. The number of pyridine rings is 1. The fourth-order valence-electron chi connectivity index (χ4n) is 15.5. The minimum Gasteiger partial charge on any atom is -0.508 e. The number of benzene rings is 6. The maximum atomic E-state index is 16.4. The number of fused-ring (bicyclic) bond motifs is 13. The van der Waals surface area contributed by atoms with Crippen molar-refractivity contribution in [2.75, 3.05) is 19.0 Å². The third kappa shape index (κ3) is 19.8. The molecule has 1 aromatic heterocycles. The zero-order chi connectivity index (χ0) is 91.0. The lowest BCUT2D eigenvalue weighted by Gasteiger charge is -2.48. The molecule has 9 amide bonds. The van der Waals surface area contributed by atoms with Crippen LogP contribution in [-0.2, 0) is 63.9 Å². The topological polar surface area (TPSA) is 580 Å². The molecule has 7 aromatic rings. The molecule has 22 N–H and O–H groups in total. The van der Waals surface area contributed by atoms with Gasteiger partial charge in [0.15, 0.2) is 23.9 Å². The second-order valence-corrected chi connectivity index (χ2v) is 32.3. The number of carbonyl (C=O) groups excluding carboxylic acids is 9. The molecule has 3 fully saturated rings. The highest BCUT2D eigenvalue weighted by atomic mass is 35.5. The Morgan fingerprint density at radius 3 is 2.05 bits per heavy atom. The van der Waals surface area contributed by atoms with Gasteiger partial charge in [-0.1, -0.05) is 67.4 Å². The van der Waals surface area contributed by atoms with Gasteiger partial charge in [-0.3, -0.25) is 53.3 Å². The zero-order valence-electron chi connectivity index (χ0n) is 67.0. The van der Waals surface area contributed by atoms with Crippen LogP contribution in [0.4, 0.5) is 18.9 Å². The van der Waals surface area contributed by atoms with Gasteiger partial charge in [-0.05, 0) is 157 Å². The van der Waals surface area contributed by atoms with E-state index in [9.17, 15) is 83.5 Å². The number of hydrogen-bond donors (Lipinski definition) is 21. The van der Waals surface area contributed by atoms with Crippen LogP contribution in [-0.4, -0.2) is 208 Å². The number of likely N-dealkylation sites (N-methyl/N-ethyl adjacent to an activating group) is 1. The summed E-state index contributed by atoms with van der Waals surface area (Å²) in [6.45, 7) is 5.55. The average Bonchev–Trinajstić information content (AvgIpc) is 1.57. The standard InChI is InChI=1S/C83H87Cl2F3N12O26/c1-33(2)17-49(90-5)73(112)96-64-66(107)39-12-15-53(48(85)22-39)122-55-24-40-23-54(69(55)125-79-70(68(109)67(108)56(32-101)123-79)124-58-28-81(4,71(110)34(3)120-58)92-30-36-18-41(31-91-29-36)93-57(105)16-9-35-7-6-8-43(19-35)126-83(86,87)88)121-52-14-11-38(21-47(52)84)65(106)63-76(115)95-62(78(117)100-119)45-25-42(102)26-51(104)59(45)44-20-37(10-13-50(44)103)60(74(113)97-63)94-75(114)61(40)98-80(118)82(99-77(64)116)27-46(82)72(89)111/h6-16,18-26,29,31,33-34,46,49,56,58,60-68,70-71,79,90,92,101-104,106-110,119H,17,27-28,30,32H2,1-5H3,(H2,89,111)(H,93,105)(H,94,114)(H,95,115)(H,96,112)(H,97,113)(H,98,118)(H,99,116)(H,100,117)/b16-9+/t34-,46-,49+,56+,58-,60+,61+,62+,63-,64+,65+,66+,67+,68-,70+,71+,79-,81-,82?/m0/s1. The quantitative estimate of drug-likeness (QED) is 0.0314. The van der Waals surface area contributed by atoms with Crippen LogP contribution >= 0.6 is 23.2 Å². The Bertz CT molecular complexity index is 5450. The highest BCUT2D eigenvalue weighted by Gasteiger charge is 2.65. The molecule has 0 radical (unpaired) electrons. The number of anilines is 1. The summed E-state index contributed by atoms with van der Waals surface area (Å²) in [6, 6.07) is 7.57. The smallest absolute Gasteiger partial charge is 0.508 e. The van der Waals surface area contributed by atoms with E-state index >= 15 is 24.0 Å². The average molecular weight is 1800 g/mol. The van der Waals surface area contributed by atoms with Crippen molar-refractivity contribution in [2.24, 2.45) is 17.6 Å². The lowest BCUT2D eigenvalue weighted by molar-refractivity contribution is -0.334. The molecular weight excluding hydrogens is 1710 g/mol. The summed E-state index contributed by atoms with van der Waals surface area (Å²) >= 11 is 14.3. The van der Waals surface area contributed by atoms with Crippen molar-refractivity contribution < 1.29 is 141 Å². The number of carbonyl (C=O) groups is 9. The molecule has 2 saturated heterocycles. The van der Waals surface area contributed by atoms with Crippen molar-refractivity contribution >= 4 is 88.1 Å². The molecule has 7 aliphatic heterocycles. The van der Waals surface area contributed by atoms with Gasteiger partial charge in [-0.25, -0.2) is 5.48 Å². The molecule has 8 aliphatic rings. The molecule has 38 nitrogen and oxygen atoms in total. The van der Waals surface area contributed by atoms with Gasteiger partial charge in [0.05, 0.1) is 52.7 Å². The van der Waals surface area contributed by atoms with Crippen molar-refractivity contribution in [3.63, 3.8) is 0 Å². The second kappa shape index (κ2) is 37.2. The third-order valence-corrected chi connectivity index (χ3v) is 22.7. The molecule has 1 spiro atoms. The molecule has 1 unspecified atom stereocenters. The van der Waals surface area contributed by atoms with Crippen molar-refractivity contribution in [3.05, 3.63) is 177 Å². The number of primary amides is 1. The normalized spacial score (nSPS) is 27.5. The molecule has 1 saturated carbocycles. The number of ether oxygens (including phenoxy) is 7. The van der Waals surface area contributed by atoms with E-state index in [1.54, 1.807) is 20.8 Å². The monoisotopic (exact) mass is 1790 g/mol. The fraction of sp³-hybridized carbons (Fsp3) is 0.373. The van der Waals surface area contributed by atoms with Gasteiger partial charge in [0.25, 0.3) is 5.91 Å². The van der Waals surface area contributed by atoms with Gasteiger partial charge in [0.1, 0.15) is 101 Å². The Morgan fingerprint density at radius 2 is 1.41 bits per heavy atom. The molecule has 126 heavy (non-hydrogen) atoms. The van der Waals surface area contributed by atoms with E-state index in [4.69, 9.17) is 57.4 Å². The lowest BCUT2D eigenvalue weighted by Crippen LogP contribution is -2.65. The number of aliphatic hydroxyl groups is 6. The molecule has 43 heteroatoms. The third-order valence-electron chi connectivity index (χ3n) is 22.1. The number of hydroxylamine groups is 1. The van der Waals surface area contributed by atoms with Crippen LogP contribution in [0.2, 0.25) is 10.0 Å². The van der Waals surface area contributed by atoms with E-state index in [1.807, 2.05) is 0 Å². The summed E-state index contributed by atoms with van der Waals surface area (Å²) in [5.74, 6) is -18.9. The maximum Gasteiger partial charge on any atom is 0.573 e. The summed E-state index contributed by atoms with van der Waals surface area (Å²) in [4.78, 5) is 137. The number of hydrogen-bond acceptors (Lipinski definition) is 29. The first-order valence-electron chi connectivity index (χ1n) is 39.1. The Hall–Kier alpha value is -12.1. The number of aromatic hydroxyl groups is 3. The Kier molecular flexibility index (Phi) is 27.1. The van der Waals surface area contributed by atoms with Crippen molar-refractivity contribution in [1.82, 2.24) is 53.0 Å². The second-order valence-electron chi connectivity index (χ2n) is 31.5. The van der Waals surface area contributed by atoms with Crippen molar-refractivity contribution in [1.29, 1.82) is 0 Å². The summed E-state index contributed by atoms with van der Waals surface area (Å²) < 4.78 is 82.2. The molecule has 6 aromatic carbocycles. The van der Waals surface area contributed by atoms with Crippen LogP contribution < -0.4 is 78.0 Å². The van der Waals surface area contributed by atoms with Gasteiger partial charge in [0.2, 0.25) is 59.3 Å². The fourth-order valence-corrected chi connectivity index (χ4v) is 16.0. The number of aliphatic hydroxyl groups excluding tert-OH is 6. The molecule has 11 bridgehead atoms. The van der Waals surface area contributed by atoms with Gasteiger partial charge in [0, 0.05) is 48.0 Å². The predicted molar refractivity (Wildman–Crippen MR) is 432 cm³/mol. The van der Waals surface area contributed by atoms with E-state index in [1.165, 1.54) is 68.3 Å². The number of aromatic nitrogens is 1. The molecular formula is C83H87Cl2F3N12O26. The highest BCUT2D eigenvalue weighted by molar-refractivity contribution is 6.32. The highest BCUT2D eigenvalue weighted by Crippen LogP contribution is 2.51. The summed E-state index contributed by atoms with van der Waals surface area (Å²) in [5.41, 5.74) is 1.19. The van der Waals surface area contributed by atoms with Crippen LogP contribution in [0.25, 0.3) is 17.2 Å². The number of halogens is 5. The van der Waals surface area contributed by atoms with E-state index < -0.39 is 271 Å².